The zero-order chi connectivity index (χ0) is 14.1. The highest BCUT2D eigenvalue weighted by Gasteiger charge is 2.03. The van der Waals surface area contributed by atoms with Crippen LogP contribution in [0.15, 0.2) is 35.5 Å². The number of hydrogen-bond acceptors (Lipinski definition) is 2. The Kier molecular flexibility index (Phi) is 8.30. The first-order chi connectivity index (χ1) is 8.32. The first kappa shape index (κ1) is 16.9. The molecule has 0 spiro atoms. The molecule has 0 aliphatic rings. The summed E-state index contributed by atoms with van der Waals surface area (Å²) in [4.78, 5) is 10.9. The van der Waals surface area contributed by atoms with E-state index >= 15 is 0 Å². The molecule has 0 radical (unpaired) electrons. The van der Waals surface area contributed by atoms with E-state index in [4.69, 9.17) is 0 Å². The molecule has 0 aromatic carbocycles. The largest absolute Gasteiger partial charge is 0.389 e. The van der Waals surface area contributed by atoms with Crippen LogP contribution in [0.5, 0.6) is 0 Å². The van der Waals surface area contributed by atoms with Crippen LogP contribution in [0.1, 0.15) is 53.4 Å². The molecule has 0 aromatic rings. The number of aliphatic hydroxyl groups is 1. The van der Waals surface area contributed by atoms with Gasteiger partial charge in [-0.05, 0) is 59.5 Å². The van der Waals surface area contributed by atoms with Crippen molar-refractivity contribution in [1.82, 2.24) is 0 Å². The highest BCUT2D eigenvalue weighted by molar-refractivity contribution is 5.87. The minimum Gasteiger partial charge on any atom is -0.389 e. The topological polar surface area (TPSA) is 37.3 Å². The summed E-state index contributed by atoms with van der Waals surface area (Å²) >= 11 is 0. The molecular formula is C16H26O2. The van der Waals surface area contributed by atoms with Crippen molar-refractivity contribution in [3.63, 3.8) is 0 Å². The van der Waals surface area contributed by atoms with Gasteiger partial charge in [0.05, 0.1) is 6.10 Å². The second-order valence-electron chi connectivity index (χ2n) is 5.09. The predicted molar refractivity (Wildman–Crippen MR) is 77.5 cm³/mol. The molecule has 1 unspecified atom stereocenters. The van der Waals surface area contributed by atoms with Gasteiger partial charge in [-0.2, -0.15) is 0 Å². The first-order valence-electron chi connectivity index (χ1n) is 6.49. The van der Waals surface area contributed by atoms with E-state index in [1.807, 2.05) is 13.8 Å². The standard InChI is InChI=1S/C16H26O2/c1-12(2)16(18)10-9-13(3)7-6-8-14(4)11-15(5)17/h7,11,16,18H,1,6,8-10H2,2-5H3. The fourth-order valence-corrected chi connectivity index (χ4v) is 1.68. The van der Waals surface area contributed by atoms with Crippen molar-refractivity contribution >= 4 is 5.78 Å². The van der Waals surface area contributed by atoms with Crippen LogP contribution in [0.3, 0.4) is 0 Å². The number of rotatable bonds is 8. The lowest BCUT2D eigenvalue weighted by molar-refractivity contribution is -0.112. The Morgan fingerprint density at radius 3 is 2.28 bits per heavy atom. The third-order valence-corrected chi connectivity index (χ3v) is 2.86. The van der Waals surface area contributed by atoms with E-state index in [0.29, 0.717) is 0 Å². The van der Waals surface area contributed by atoms with Crippen molar-refractivity contribution in [2.75, 3.05) is 0 Å². The fraction of sp³-hybridized carbons (Fsp3) is 0.562. The van der Waals surface area contributed by atoms with Crippen LogP contribution in [0, 0.1) is 0 Å². The lowest BCUT2D eigenvalue weighted by atomic mass is 10.0. The molecule has 0 bridgehead atoms. The van der Waals surface area contributed by atoms with Gasteiger partial charge < -0.3 is 5.11 Å². The van der Waals surface area contributed by atoms with E-state index in [1.54, 1.807) is 13.0 Å². The molecule has 18 heavy (non-hydrogen) atoms. The van der Waals surface area contributed by atoms with Gasteiger partial charge in [-0.15, -0.1) is 0 Å². The zero-order valence-electron chi connectivity index (χ0n) is 12.1. The normalized spacial score (nSPS) is 14.5. The van der Waals surface area contributed by atoms with Gasteiger partial charge in [0.15, 0.2) is 5.78 Å². The van der Waals surface area contributed by atoms with E-state index in [1.165, 1.54) is 5.57 Å². The molecule has 0 amide bonds. The number of carbonyl (C=O) groups excluding carboxylic acids is 1. The number of hydrogen-bond donors (Lipinski definition) is 1. The maximum Gasteiger partial charge on any atom is 0.152 e. The van der Waals surface area contributed by atoms with E-state index in [-0.39, 0.29) is 5.78 Å². The Morgan fingerprint density at radius 2 is 1.78 bits per heavy atom. The van der Waals surface area contributed by atoms with Gasteiger partial charge in [-0.1, -0.05) is 29.4 Å². The van der Waals surface area contributed by atoms with Crippen LogP contribution in [0.4, 0.5) is 0 Å². The molecule has 0 aliphatic carbocycles. The van der Waals surface area contributed by atoms with Gasteiger partial charge >= 0.3 is 0 Å². The average molecular weight is 250 g/mol. The SMILES string of the molecule is C=C(C)C(O)CCC(C)=CCCC(C)=CC(C)=O. The molecule has 0 aromatic heterocycles. The molecule has 2 heteroatoms. The second-order valence-corrected chi connectivity index (χ2v) is 5.09. The third-order valence-electron chi connectivity index (χ3n) is 2.86. The molecule has 1 atom stereocenters. The van der Waals surface area contributed by atoms with E-state index in [2.05, 4.69) is 19.6 Å². The minimum absolute atomic E-state index is 0.109. The number of allylic oxidation sites excluding steroid dienone is 4. The Labute approximate surface area is 111 Å². The first-order valence-corrected chi connectivity index (χ1v) is 6.49. The average Bonchev–Trinajstić information content (AvgIpc) is 2.24. The summed E-state index contributed by atoms with van der Waals surface area (Å²) in [6.07, 6.45) is 6.97. The lowest BCUT2D eigenvalue weighted by Crippen LogP contribution is -2.06. The molecular weight excluding hydrogens is 224 g/mol. The van der Waals surface area contributed by atoms with Gasteiger partial charge in [0, 0.05) is 0 Å². The summed E-state index contributed by atoms with van der Waals surface area (Å²) in [5.41, 5.74) is 3.22. The Balaban J connectivity index is 3.98. The molecule has 0 saturated carbocycles. The van der Waals surface area contributed by atoms with Gasteiger partial charge in [0.25, 0.3) is 0 Å². The van der Waals surface area contributed by atoms with Crippen molar-refractivity contribution in [3.8, 4) is 0 Å². The fourth-order valence-electron chi connectivity index (χ4n) is 1.68. The highest BCUT2D eigenvalue weighted by Crippen LogP contribution is 2.13. The molecule has 0 aliphatic heterocycles. The molecule has 0 heterocycles. The Hall–Kier alpha value is -1.15. The van der Waals surface area contributed by atoms with Crippen LogP contribution >= 0.6 is 0 Å². The maximum absolute atomic E-state index is 10.9. The molecule has 0 rings (SSSR count). The van der Waals surface area contributed by atoms with Gasteiger partial charge in [-0.25, -0.2) is 0 Å². The Morgan fingerprint density at radius 1 is 1.17 bits per heavy atom. The number of carbonyl (C=O) groups is 1. The van der Waals surface area contributed by atoms with E-state index in [0.717, 1.165) is 36.8 Å². The maximum atomic E-state index is 10.9. The molecule has 102 valence electrons. The highest BCUT2D eigenvalue weighted by atomic mass is 16.3. The predicted octanol–water partition coefficient (Wildman–Crippen LogP) is 3.97. The molecule has 2 nitrogen and oxygen atoms in total. The summed E-state index contributed by atoms with van der Waals surface area (Å²) in [5.74, 6) is 0.109. The smallest absolute Gasteiger partial charge is 0.152 e. The van der Waals surface area contributed by atoms with Crippen LogP contribution in [0.2, 0.25) is 0 Å². The monoisotopic (exact) mass is 250 g/mol. The molecule has 0 saturated heterocycles. The second kappa shape index (κ2) is 8.87. The summed E-state index contributed by atoms with van der Waals surface area (Å²) < 4.78 is 0. The van der Waals surface area contributed by atoms with Crippen molar-refractivity contribution in [3.05, 3.63) is 35.5 Å². The molecule has 0 fully saturated rings. The Bertz CT molecular complexity index is 348. The quantitative estimate of drug-likeness (QED) is 0.523. The zero-order valence-corrected chi connectivity index (χ0v) is 12.1. The summed E-state index contributed by atoms with van der Waals surface area (Å²) in [5, 5.41) is 9.61. The van der Waals surface area contributed by atoms with Crippen molar-refractivity contribution in [1.29, 1.82) is 0 Å². The van der Waals surface area contributed by atoms with Crippen LogP contribution in [0.25, 0.3) is 0 Å². The van der Waals surface area contributed by atoms with Crippen LogP contribution in [-0.4, -0.2) is 17.0 Å². The lowest BCUT2D eigenvalue weighted by Gasteiger charge is -2.09. The van der Waals surface area contributed by atoms with Gasteiger partial charge in [0.1, 0.15) is 0 Å². The summed E-state index contributed by atoms with van der Waals surface area (Å²) in [7, 11) is 0. The van der Waals surface area contributed by atoms with Crippen LogP contribution in [-0.2, 0) is 4.79 Å². The third kappa shape index (κ3) is 8.94. The molecule has 1 N–H and O–H groups in total. The number of aliphatic hydroxyl groups excluding tert-OH is 1. The van der Waals surface area contributed by atoms with Crippen molar-refractivity contribution < 1.29 is 9.90 Å². The van der Waals surface area contributed by atoms with Crippen molar-refractivity contribution in [2.45, 2.75) is 59.5 Å². The summed E-state index contributed by atoms with van der Waals surface area (Å²) in [6.45, 7) is 11.2. The van der Waals surface area contributed by atoms with Crippen LogP contribution < -0.4 is 0 Å². The number of ketones is 1. The van der Waals surface area contributed by atoms with Gasteiger partial charge in [-0.3, -0.25) is 4.79 Å². The van der Waals surface area contributed by atoms with E-state index < -0.39 is 6.10 Å². The summed E-state index contributed by atoms with van der Waals surface area (Å²) in [6, 6.07) is 0. The van der Waals surface area contributed by atoms with Gasteiger partial charge in [0.2, 0.25) is 0 Å². The van der Waals surface area contributed by atoms with Crippen molar-refractivity contribution in [2.24, 2.45) is 0 Å². The van der Waals surface area contributed by atoms with E-state index in [9.17, 15) is 9.90 Å². The minimum atomic E-state index is -0.396.